The van der Waals surface area contributed by atoms with Crippen molar-refractivity contribution in [2.24, 2.45) is 13.0 Å². The molecular weight excluding hydrogens is 594 g/mol. The van der Waals surface area contributed by atoms with Gasteiger partial charge in [0.05, 0.1) is 23.3 Å². The van der Waals surface area contributed by atoms with Gasteiger partial charge in [-0.15, -0.1) is 0 Å². The van der Waals surface area contributed by atoms with E-state index in [9.17, 15) is 22.0 Å². The van der Waals surface area contributed by atoms with Crippen LogP contribution in [0.1, 0.15) is 56.3 Å². The molecule has 1 amide bonds. The first-order valence-electron chi connectivity index (χ1n) is 14.4. The van der Waals surface area contributed by atoms with Crippen LogP contribution in [0.15, 0.2) is 30.5 Å². The van der Waals surface area contributed by atoms with Crippen LogP contribution in [0.5, 0.6) is 0 Å². The maximum atomic E-state index is 14.4. The van der Waals surface area contributed by atoms with Gasteiger partial charge in [0.15, 0.2) is 11.5 Å². The molecule has 0 bridgehead atoms. The van der Waals surface area contributed by atoms with Crippen molar-refractivity contribution >= 4 is 50.0 Å². The van der Waals surface area contributed by atoms with Gasteiger partial charge in [0.25, 0.3) is 6.43 Å². The predicted molar refractivity (Wildman–Crippen MR) is 163 cm³/mol. The molecule has 0 radical (unpaired) electrons. The van der Waals surface area contributed by atoms with Crippen molar-refractivity contribution < 1.29 is 26.7 Å². The third-order valence-electron chi connectivity index (χ3n) is 8.10. The summed E-state index contributed by atoms with van der Waals surface area (Å²) in [7, 11) is -0.420. The van der Waals surface area contributed by atoms with E-state index in [1.165, 1.54) is 17.7 Å². The highest BCUT2D eigenvalue weighted by Gasteiger charge is 2.32. The summed E-state index contributed by atoms with van der Waals surface area (Å²) >= 11 is 0. The van der Waals surface area contributed by atoms with E-state index in [1.807, 2.05) is 18.5 Å². The third-order valence-corrected chi connectivity index (χ3v) is 9.29. The number of carbonyl (C=O) groups excluding carboxylic acids is 1. The summed E-state index contributed by atoms with van der Waals surface area (Å²) in [4.78, 5) is 26.1. The van der Waals surface area contributed by atoms with Gasteiger partial charge >= 0.3 is 0 Å². The first-order chi connectivity index (χ1) is 20.9. The van der Waals surface area contributed by atoms with Crippen molar-refractivity contribution in [1.29, 1.82) is 0 Å². The predicted octanol–water partition coefficient (Wildman–Crippen LogP) is 5.26. The van der Waals surface area contributed by atoms with Gasteiger partial charge in [-0.1, -0.05) is 0 Å². The zero-order chi connectivity index (χ0) is 31.3. The highest BCUT2D eigenvalue weighted by Crippen LogP contribution is 2.39. The van der Waals surface area contributed by atoms with Crippen LogP contribution in [0, 0.1) is 12.8 Å². The lowest BCUT2D eigenvalue weighted by Crippen LogP contribution is -2.25. The van der Waals surface area contributed by atoms with E-state index in [-0.39, 0.29) is 34.5 Å². The number of rotatable bonds is 9. The average Bonchev–Trinajstić information content (AvgIpc) is 3.69. The number of benzene rings is 1. The number of amides is 1. The van der Waals surface area contributed by atoms with Crippen LogP contribution in [0.25, 0.3) is 22.6 Å². The first-order valence-corrected chi connectivity index (χ1v) is 16.2. The number of anilines is 4. The normalized spacial score (nSPS) is 17.3. The largest absolute Gasteiger partial charge is 0.358 e. The summed E-state index contributed by atoms with van der Waals surface area (Å²) < 4.78 is 64.4. The number of carbonyl (C=O) groups is 1. The topological polar surface area (TPSA) is 136 Å². The van der Waals surface area contributed by atoms with Crippen LogP contribution < -0.4 is 14.9 Å². The van der Waals surface area contributed by atoms with E-state index < -0.39 is 28.5 Å². The van der Waals surface area contributed by atoms with Gasteiger partial charge in [-0.05, 0) is 57.2 Å². The number of pyridine rings is 1. The van der Waals surface area contributed by atoms with Gasteiger partial charge in [-0.2, -0.15) is 0 Å². The fourth-order valence-electron chi connectivity index (χ4n) is 5.30. The highest BCUT2D eigenvalue weighted by atomic mass is 32.2. The van der Waals surface area contributed by atoms with Gasteiger partial charge < -0.3 is 19.9 Å². The number of halogens is 2. The van der Waals surface area contributed by atoms with E-state index in [1.54, 1.807) is 24.4 Å². The van der Waals surface area contributed by atoms with E-state index >= 15 is 0 Å². The van der Waals surface area contributed by atoms with Crippen LogP contribution >= 0.6 is 0 Å². The van der Waals surface area contributed by atoms with E-state index in [0.29, 0.717) is 35.8 Å². The minimum atomic E-state index is -3.71. The molecule has 44 heavy (non-hydrogen) atoms. The van der Waals surface area contributed by atoms with Crippen LogP contribution in [-0.4, -0.2) is 58.3 Å². The van der Waals surface area contributed by atoms with Gasteiger partial charge in [0, 0.05) is 50.1 Å². The second-order valence-electron chi connectivity index (χ2n) is 11.3. The molecule has 2 fully saturated rings. The van der Waals surface area contributed by atoms with Crippen molar-refractivity contribution in [3.05, 3.63) is 42.0 Å². The Bertz CT molecular complexity index is 1850. The monoisotopic (exact) mass is 628 g/mol. The number of sulfonamides is 1. The minimum Gasteiger partial charge on any atom is -0.358 e. The van der Waals surface area contributed by atoms with Gasteiger partial charge in [0.2, 0.25) is 15.9 Å². The molecule has 1 unspecified atom stereocenters. The summed E-state index contributed by atoms with van der Waals surface area (Å²) in [6.45, 7) is 2.33. The van der Waals surface area contributed by atoms with E-state index in [2.05, 4.69) is 25.6 Å². The maximum absolute atomic E-state index is 14.4. The molecule has 1 aliphatic carbocycles. The quantitative estimate of drug-likeness (QED) is 0.256. The average molecular weight is 629 g/mol. The number of hydrogen-bond donors (Lipinski definition) is 2. The number of alkyl halides is 2. The van der Waals surface area contributed by atoms with Crippen molar-refractivity contribution in [1.82, 2.24) is 24.1 Å². The van der Waals surface area contributed by atoms with Gasteiger partial charge in [0.1, 0.15) is 23.4 Å². The number of nitrogens with zero attached hydrogens (tertiary/aromatic N) is 6. The number of aromatic nitrogens is 5. The number of ether oxygens (including phenoxy) is 1. The Morgan fingerprint density at radius 3 is 2.52 bits per heavy atom. The van der Waals surface area contributed by atoms with Crippen molar-refractivity contribution in [2.45, 2.75) is 51.7 Å². The second-order valence-corrected chi connectivity index (χ2v) is 13.3. The Hall–Kier alpha value is -4.11. The summed E-state index contributed by atoms with van der Waals surface area (Å²) in [5, 5.41) is 6.04. The molecule has 12 nitrogen and oxygen atoms in total. The lowest BCUT2D eigenvalue weighted by Gasteiger charge is -2.25. The molecule has 1 aromatic carbocycles. The molecule has 2 N–H and O–H groups in total. The van der Waals surface area contributed by atoms with Gasteiger partial charge in [-0.3, -0.25) is 13.7 Å². The first kappa shape index (κ1) is 29.9. The number of aryl methyl sites for hydroxylation is 1. The number of hydrogen-bond acceptors (Lipinski definition) is 8. The Balaban J connectivity index is 1.51. The zero-order valence-corrected chi connectivity index (χ0v) is 25.7. The van der Waals surface area contributed by atoms with Crippen LogP contribution in [0.2, 0.25) is 0 Å². The standard InChI is InChI=1S/C29H34F2N8O4S/c1-16-15-32-26(37(16)2)18-10-11-19(21(13-18)38(3)44(4,41)42)33-20-14-22(35-29(40)17-8-9-17)34-27-24(20)36-28(25(30)31)39(27)23-7-5-6-12-43-23/h10-11,13-15,17,23,25H,5-9,12H2,1-4H3,(H2,33,34,35,40). The van der Waals surface area contributed by atoms with Crippen molar-refractivity contribution in [2.75, 3.05) is 34.8 Å². The van der Waals surface area contributed by atoms with Crippen molar-refractivity contribution in [3.8, 4) is 11.4 Å². The van der Waals surface area contributed by atoms with Gasteiger partial charge in [-0.25, -0.2) is 32.2 Å². The number of imidazole rings is 2. The summed E-state index contributed by atoms with van der Waals surface area (Å²) in [5.74, 6) is -0.0233. The Morgan fingerprint density at radius 2 is 1.91 bits per heavy atom. The molecule has 1 atom stereocenters. The third kappa shape index (κ3) is 5.73. The molecule has 2 aliphatic rings. The Labute approximate surface area is 253 Å². The number of fused-ring (bicyclic) bond motifs is 1. The fourth-order valence-corrected chi connectivity index (χ4v) is 5.81. The van der Waals surface area contributed by atoms with Crippen LogP contribution in [0.3, 0.4) is 0 Å². The highest BCUT2D eigenvalue weighted by molar-refractivity contribution is 7.92. The molecular formula is C29H34F2N8O4S. The second kappa shape index (κ2) is 11.4. The van der Waals surface area contributed by atoms with Crippen LogP contribution in [-0.2, 0) is 26.6 Å². The molecule has 1 saturated heterocycles. The Kier molecular flexibility index (Phi) is 7.78. The molecule has 3 aromatic heterocycles. The zero-order valence-electron chi connectivity index (χ0n) is 24.8. The summed E-state index contributed by atoms with van der Waals surface area (Å²) in [6, 6.07) is 6.70. The Morgan fingerprint density at radius 1 is 1.14 bits per heavy atom. The lowest BCUT2D eigenvalue weighted by atomic mass is 10.1. The molecule has 1 aliphatic heterocycles. The lowest BCUT2D eigenvalue weighted by molar-refractivity contribution is -0.117. The minimum absolute atomic E-state index is 0.121. The molecule has 234 valence electrons. The maximum Gasteiger partial charge on any atom is 0.295 e. The fraction of sp³-hybridized carbons (Fsp3) is 0.448. The molecule has 4 aromatic rings. The van der Waals surface area contributed by atoms with Crippen molar-refractivity contribution in [3.63, 3.8) is 0 Å². The SMILES string of the molecule is Cc1cnc(-c2ccc(Nc3cc(NC(=O)C4CC4)nc4c3nc(C(F)F)n4C3CCCCO3)c(N(C)S(C)(=O)=O)c2)n1C. The molecule has 4 heterocycles. The summed E-state index contributed by atoms with van der Waals surface area (Å²) in [5.41, 5.74) is 2.78. The molecule has 1 saturated carbocycles. The summed E-state index contributed by atoms with van der Waals surface area (Å²) in [6.07, 6.45) is 2.85. The van der Waals surface area contributed by atoms with E-state index in [0.717, 1.165) is 41.9 Å². The smallest absolute Gasteiger partial charge is 0.295 e. The molecule has 15 heteroatoms. The molecule has 0 spiro atoms. The number of nitrogens with one attached hydrogen (secondary N) is 2. The van der Waals surface area contributed by atoms with E-state index in [4.69, 9.17) is 4.74 Å². The molecule has 6 rings (SSSR count). The van der Waals surface area contributed by atoms with Crippen LogP contribution in [0.4, 0.5) is 31.7 Å².